The van der Waals surface area contributed by atoms with Gasteiger partial charge in [-0.3, -0.25) is 0 Å². The van der Waals surface area contributed by atoms with E-state index in [0.29, 0.717) is 0 Å². The van der Waals surface area contributed by atoms with Crippen LogP contribution in [0, 0.1) is 5.92 Å². The maximum Gasteiger partial charge on any atom is 0.134 e. The molecule has 1 saturated heterocycles. The van der Waals surface area contributed by atoms with E-state index in [4.69, 9.17) is 0 Å². The standard InChI is InChI=1S/C8H17NS/c1-7(2)8-6-9(3)4-5-10-8/h7-8H,4-6H2,1-3H3/q+1. The molecule has 0 aromatic carbocycles. The summed E-state index contributed by atoms with van der Waals surface area (Å²) < 4.78 is 0. The maximum atomic E-state index is 2.43. The fraction of sp³-hybridized carbons (Fsp3) is 1.00. The zero-order valence-electron chi connectivity index (χ0n) is 7.13. The van der Waals surface area contributed by atoms with Gasteiger partial charge in [0.15, 0.2) is 0 Å². The van der Waals surface area contributed by atoms with Crippen molar-refractivity contribution in [3.05, 3.63) is 0 Å². The van der Waals surface area contributed by atoms with E-state index < -0.39 is 0 Å². The molecule has 0 bridgehead atoms. The summed E-state index contributed by atoms with van der Waals surface area (Å²) >= 11 is 2.13. The molecule has 1 unspecified atom stereocenters. The summed E-state index contributed by atoms with van der Waals surface area (Å²) in [6, 6.07) is 0. The Morgan fingerprint density at radius 3 is 2.60 bits per heavy atom. The highest BCUT2D eigenvalue weighted by atomic mass is 32.2. The van der Waals surface area contributed by atoms with Crippen LogP contribution in [0.5, 0.6) is 0 Å². The van der Waals surface area contributed by atoms with E-state index in [1.165, 1.54) is 18.8 Å². The minimum Gasteiger partial charge on any atom is -0.171 e. The Kier molecular flexibility index (Phi) is 3.05. The van der Waals surface area contributed by atoms with Crippen LogP contribution in [0.15, 0.2) is 0 Å². The normalized spacial score (nSPS) is 29.4. The van der Waals surface area contributed by atoms with Crippen molar-refractivity contribution in [3.8, 4) is 0 Å². The second-order valence-corrected chi connectivity index (χ2v) is 4.76. The topological polar surface area (TPSA) is 5.90 Å². The zero-order valence-corrected chi connectivity index (χ0v) is 7.95. The minimum atomic E-state index is 0.841. The third-order valence-corrected chi connectivity index (χ3v) is 3.58. The molecule has 2 heteroatoms. The van der Waals surface area contributed by atoms with Crippen LogP contribution in [-0.4, -0.2) is 31.1 Å². The second-order valence-electron chi connectivity index (χ2n) is 3.42. The molecule has 0 amide bonds. The van der Waals surface area contributed by atoms with E-state index in [9.17, 15) is 0 Å². The van der Waals surface area contributed by atoms with Gasteiger partial charge in [0.1, 0.15) is 20.1 Å². The third-order valence-electron chi connectivity index (χ3n) is 2.04. The van der Waals surface area contributed by atoms with Crippen LogP contribution < -0.4 is 4.90 Å². The van der Waals surface area contributed by atoms with Gasteiger partial charge >= 0.3 is 0 Å². The van der Waals surface area contributed by atoms with E-state index in [1.54, 1.807) is 0 Å². The average molecular weight is 159 g/mol. The Balaban J connectivity index is 2.32. The molecule has 0 spiro atoms. The highest BCUT2D eigenvalue weighted by molar-refractivity contribution is 8.00. The molecule has 59 valence electrons. The largest absolute Gasteiger partial charge is 0.171 e. The molecule has 1 aliphatic heterocycles. The van der Waals surface area contributed by atoms with Crippen molar-refractivity contribution >= 4 is 11.8 Å². The van der Waals surface area contributed by atoms with Crippen molar-refractivity contribution in [2.45, 2.75) is 19.1 Å². The molecule has 0 aromatic heterocycles. The number of rotatable bonds is 1. The first-order chi connectivity index (χ1) is 4.70. The number of thioether (sulfide) groups is 1. The molecule has 0 saturated carbocycles. The summed E-state index contributed by atoms with van der Waals surface area (Å²) in [7, 11) is 2.22. The van der Waals surface area contributed by atoms with E-state index >= 15 is 0 Å². The quantitative estimate of drug-likeness (QED) is 0.526. The summed E-state index contributed by atoms with van der Waals surface area (Å²) in [5, 5.41) is 0.874. The SMILES string of the molecule is CC(C)C1C[N+](C)CCS1. The Bertz CT molecular complexity index is 103. The third kappa shape index (κ3) is 2.17. The van der Waals surface area contributed by atoms with Crippen LogP contribution in [-0.2, 0) is 0 Å². The number of hydrogen-bond donors (Lipinski definition) is 0. The Morgan fingerprint density at radius 2 is 2.20 bits per heavy atom. The molecule has 1 atom stereocenters. The molecule has 1 radical (unpaired) electrons. The lowest BCUT2D eigenvalue weighted by atomic mass is 10.1. The predicted molar refractivity (Wildman–Crippen MR) is 48.9 cm³/mol. The van der Waals surface area contributed by atoms with E-state index in [-0.39, 0.29) is 0 Å². The molecule has 1 nitrogen and oxygen atoms in total. The number of hydrogen-bond acceptors (Lipinski definition) is 2. The second kappa shape index (κ2) is 3.63. The minimum absolute atomic E-state index is 0.841. The van der Waals surface area contributed by atoms with Gasteiger partial charge in [-0.15, -0.1) is 11.8 Å². The van der Waals surface area contributed by atoms with Gasteiger partial charge in [0.25, 0.3) is 0 Å². The van der Waals surface area contributed by atoms with Crippen molar-refractivity contribution in [3.63, 3.8) is 0 Å². The van der Waals surface area contributed by atoms with Gasteiger partial charge in [-0.2, -0.15) is 4.90 Å². The van der Waals surface area contributed by atoms with E-state index in [2.05, 4.69) is 37.6 Å². The summed E-state index contributed by atoms with van der Waals surface area (Å²) in [5.74, 6) is 2.16. The van der Waals surface area contributed by atoms with E-state index in [0.717, 1.165) is 11.2 Å². The molecule has 1 heterocycles. The monoisotopic (exact) mass is 159 g/mol. The van der Waals surface area contributed by atoms with Crippen LogP contribution in [0.25, 0.3) is 0 Å². The molecule has 1 rings (SSSR count). The molecule has 0 aromatic rings. The molecular weight excluding hydrogens is 142 g/mol. The van der Waals surface area contributed by atoms with Gasteiger partial charge < -0.3 is 0 Å². The van der Waals surface area contributed by atoms with Gasteiger partial charge in [0.05, 0.1) is 5.25 Å². The lowest BCUT2D eigenvalue weighted by molar-refractivity contribution is 0.438. The molecular formula is C8H17NS+. The number of nitrogens with zero attached hydrogens (tertiary/aromatic N) is 1. The van der Waals surface area contributed by atoms with Gasteiger partial charge in [0.2, 0.25) is 0 Å². The van der Waals surface area contributed by atoms with Gasteiger partial charge in [-0.05, 0) is 5.92 Å². The lowest BCUT2D eigenvalue weighted by Gasteiger charge is -2.24. The molecule has 1 aliphatic rings. The molecule has 10 heavy (non-hydrogen) atoms. The van der Waals surface area contributed by atoms with Crippen molar-refractivity contribution in [2.75, 3.05) is 25.9 Å². The van der Waals surface area contributed by atoms with Gasteiger partial charge in [-0.25, -0.2) is 0 Å². The smallest absolute Gasteiger partial charge is 0.134 e. The fourth-order valence-electron chi connectivity index (χ4n) is 1.21. The highest BCUT2D eigenvalue weighted by Gasteiger charge is 2.26. The van der Waals surface area contributed by atoms with Crippen molar-refractivity contribution in [1.29, 1.82) is 0 Å². The van der Waals surface area contributed by atoms with Crippen molar-refractivity contribution < 1.29 is 0 Å². The van der Waals surface area contributed by atoms with Gasteiger partial charge in [-0.1, -0.05) is 13.8 Å². The van der Waals surface area contributed by atoms with Crippen LogP contribution in [0.3, 0.4) is 0 Å². The predicted octanol–water partition coefficient (Wildman–Crippen LogP) is 1.53. The Hall–Kier alpha value is 0.310. The Morgan fingerprint density at radius 1 is 1.50 bits per heavy atom. The van der Waals surface area contributed by atoms with Crippen molar-refractivity contribution in [1.82, 2.24) is 4.90 Å². The van der Waals surface area contributed by atoms with Crippen molar-refractivity contribution in [2.24, 2.45) is 5.92 Å². The lowest BCUT2D eigenvalue weighted by Crippen LogP contribution is -2.41. The molecule has 0 aliphatic carbocycles. The fourth-order valence-corrected chi connectivity index (χ4v) is 2.68. The zero-order chi connectivity index (χ0) is 7.56. The first kappa shape index (κ1) is 8.41. The van der Waals surface area contributed by atoms with Crippen LogP contribution in [0.4, 0.5) is 0 Å². The maximum absolute atomic E-state index is 2.43. The highest BCUT2D eigenvalue weighted by Crippen LogP contribution is 2.22. The Labute approximate surface area is 68.2 Å². The average Bonchev–Trinajstić information content (AvgIpc) is 1.88. The molecule has 1 fully saturated rings. The first-order valence-corrected chi connectivity index (χ1v) is 5.05. The molecule has 0 N–H and O–H groups in total. The summed E-state index contributed by atoms with van der Waals surface area (Å²) in [6.45, 7) is 7.18. The van der Waals surface area contributed by atoms with Crippen LogP contribution in [0.1, 0.15) is 13.8 Å². The van der Waals surface area contributed by atoms with E-state index in [1.807, 2.05) is 0 Å². The first-order valence-electron chi connectivity index (χ1n) is 4.00. The summed E-state index contributed by atoms with van der Waals surface area (Å²) in [6.07, 6.45) is 0. The summed E-state index contributed by atoms with van der Waals surface area (Å²) in [5.41, 5.74) is 0. The van der Waals surface area contributed by atoms with Gasteiger partial charge in [0, 0.05) is 5.75 Å². The van der Waals surface area contributed by atoms with Crippen LogP contribution >= 0.6 is 11.8 Å². The van der Waals surface area contributed by atoms with Crippen LogP contribution in [0.2, 0.25) is 0 Å². The summed E-state index contributed by atoms with van der Waals surface area (Å²) in [4.78, 5) is 2.43.